The standard InChI is InChI=1S/C16H17N3O/c1-19(2)12-9-7-11(8-10-12)17-15-13-5-3-4-6-14(13)18-16(15)20/h3-10,15,17H,1-2H3,(H,18,20). The maximum Gasteiger partial charge on any atom is 0.251 e. The second-order valence-electron chi connectivity index (χ2n) is 5.10. The quantitative estimate of drug-likeness (QED) is 0.898. The summed E-state index contributed by atoms with van der Waals surface area (Å²) in [5, 5.41) is 6.17. The fourth-order valence-electron chi connectivity index (χ4n) is 2.37. The Morgan fingerprint density at radius 3 is 2.45 bits per heavy atom. The van der Waals surface area contributed by atoms with Crippen molar-refractivity contribution < 1.29 is 4.79 Å². The van der Waals surface area contributed by atoms with Crippen molar-refractivity contribution in [2.24, 2.45) is 0 Å². The second-order valence-corrected chi connectivity index (χ2v) is 5.10. The van der Waals surface area contributed by atoms with Crippen LogP contribution in [-0.4, -0.2) is 20.0 Å². The van der Waals surface area contributed by atoms with Crippen molar-refractivity contribution in [1.29, 1.82) is 0 Å². The highest BCUT2D eigenvalue weighted by Gasteiger charge is 2.29. The summed E-state index contributed by atoms with van der Waals surface area (Å²) in [5.74, 6) is -0.0112. The van der Waals surface area contributed by atoms with Crippen LogP contribution < -0.4 is 15.5 Å². The zero-order chi connectivity index (χ0) is 14.1. The molecular formula is C16H17N3O. The summed E-state index contributed by atoms with van der Waals surface area (Å²) < 4.78 is 0. The van der Waals surface area contributed by atoms with Gasteiger partial charge in [-0.3, -0.25) is 4.79 Å². The number of nitrogens with zero attached hydrogens (tertiary/aromatic N) is 1. The van der Waals surface area contributed by atoms with Crippen LogP contribution in [0.3, 0.4) is 0 Å². The first kappa shape index (κ1) is 12.5. The Morgan fingerprint density at radius 2 is 1.75 bits per heavy atom. The van der Waals surface area contributed by atoms with Crippen molar-refractivity contribution in [2.45, 2.75) is 6.04 Å². The molecule has 2 aromatic carbocycles. The molecule has 0 aromatic heterocycles. The molecule has 4 heteroatoms. The number of rotatable bonds is 3. The molecule has 0 fully saturated rings. The highest BCUT2D eigenvalue weighted by molar-refractivity contribution is 6.04. The molecule has 0 aliphatic carbocycles. The van der Waals surface area contributed by atoms with Crippen LogP contribution in [0.1, 0.15) is 11.6 Å². The third kappa shape index (κ3) is 2.20. The van der Waals surface area contributed by atoms with E-state index >= 15 is 0 Å². The molecule has 1 amide bonds. The van der Waals surface area contributed by atoms with Crippen molar-refractivity contribution in [2.75, 3.05) is 29.6 Å². The fourth-order valence-corrected chi connectivity index (χ4v) is 2.37. The molecule has 0 saturated carbocycles. The van der Waals surface area contributed by atoms with Gasteiger partial charge in [0.2, 0.25) is 0 Å². The molecule has 1 aliphatic rings. The second kappa shape index (κ2) is 4.89. The van der Waals surface area contributed by atoms with Crippen molar-refractivity contribution in [3.8, 4) is 0 Å². The summed E-state index contributed by atoms with van der Waals surface area (Å²) in [5.41, 5.74) is 3.95. The molecule has 1 atom stereocenters. The van der Waals surface area contributed by atoms with Gasteiger partial charge in [0.05, 0.1) is 0 Å². The minimum atomic E-state index is -0.323. The topological polar surface area (TPSA) is 44.4 Å². The molecule has 1 aliphatic heterocycles. The molecule has 1 heterocycles. The van der Waals surface area contributed by atoms with Crippen LogP contribution in [0.5, 0.6) is 0 Å². The van der Waals surface area contributed by atoms with E-state index in [1.807, 2.05) is 67.5 Å². The van der Waals surface area contributed by atoms with Crippen molar-refractivity contribution in [3.05, 3.63) is 54.1 Å². The summed E-state index contributed by atoms with van der Waals surface area (Å²) in [6.07, 6.45) is 0. The van der Waals surface area contributed by atoms with Gasteiger partial charge in [-0.25, -0.2) is 0 Å². The zero-order valence-electron chi connectivity index (χ0n) is 11.6. The molecule has 3 rings (SSSR count). The molecule has 2 N–H and O–H groups in total. The minimum Gasteiger partial charge on any atom is -0.378 e. The molecule has 0 bridgehead atoms. The van der Waals surface area contributed by atoms with Crippen molar-refractivity contribution in [3.63, 3.8) is 0 Å². The Morgan fingerprint density at radius 1 is 1.05 bits per heavy atom. The average molecular weight is 267 g/mol. The number of hydrogen-bond donors (Lipinski definition) is 2. The van der Waals surface area contributed by atoms with Crippen LogP contribution in [0.4, 0.5) is 17.1 Å². The van der Waals surface area contributed by atoms with Crippen LogP contribution in [-0.2, 0) is 4.79 Å². The van der Waals surface area contributed by atoms with E-state index in [-0.39, 0.29) is 11.9 Å². The molecule has 4 nitrogen and oxygen atoms in total. The Kier molecular flexibility index (Phi) is 3.06. The number of amides is 1. The van der Waals surface area contributed by atoms with Gasteiger partial charge in [0.15, 0.2) is 0 Å². The van der Waals surface area contributed by atoms with E-state index in [2.05, 4.69) is 10.6 Å². The molecule has 0 spiro atoms. The molecule has 20 heavy (non-hydrogen) atoms. The van der Waals surface area contributed by atoms with Crippen molar-refractivity contribution in [1.82, 2.24) is 0 Å². The lowest BCUT2D eigenvalue weighted by Gasteiger charge is -2.16. The van der Waals surface area contributed by atoms with Gasteiger partial charge in [0.25, 0.3) is 5.91 Å². The lowest BCUT2D eigenvalue weighted by atomic mass is 10.1. The number of carbonyl (C=O) groups excluding carboxylic acids is 1. The highest BCUT2D eigenvalue weighted by atomic mass is 16.2. The van der Waals surface area contributed by atoms with Gasteiger partial charge in [0, 0.05) is 36.7 Å². The number of nitrogens with one attached hydrogen (secondary N) is 2. The summed E-state index contributed by atoms with van der Waals surface area (Å²) >= 11 is 0. The van der Waals surface area contributed by atoms with Crippen LogP contribution in [0.15, 0.2) is 48.5 Å². The Labute approximate surface area is 118 Å². The third-order valence-electron chi connectivity index (χ3n) is 3.49. The predicted octanol–water partition coefficient (Wildman–Crippen LogP) is 2.86. The van der Waals surface area contributed by atoms with E-state index in [1.54, 1.807) is 0 Å². The maximum absolute atomic E-state index is 12.0. The van der Waals surface area contributed by atoms with Gasteiger partial charge in [-0.05, 0) is 30.3 Å². The molecular weight excluding hydrogens is 250 g/mol. The summed E-state index contributed by atoms with van der Waals surface area (Å²) in [4.78, 5) is 14.1. The maximum atomic E-state index is 12.0. The van der Waals surface area contributed by atoms with E-state index in [0.29, 0.717) is 0 Å². The summed E-state index contributed by atoms with van der Waals surface area (Å²) in [6, 6.07) is 15.5. The van der Waals surface area contributed by atoms with Crippen LogP contribution in [0.25, 0.3) is 0 Å². The SMILES string of the molecule is CN(C)c1ccc(NC2C(=O)Nc3ccccc32)cc1. The first-order valence-corrected chi connectivity index (χ1v) is 6.59. The normalized spacial score (nSPS) is 16.5. The number of fused-ring (bicyclic) bond motifs is 1. The minimum absolute atomic E-state index is 0.0112. The lowest BCUT2D eigenvalue weighted by Crippen LogP contribution is -2.19. The predicted molar refractivity (Wildman–Crippen MR) is 82.2 cm³/mol. The van der Waals surface area contributed by atoms with Gasteiger partial charge < -0.3 is 15.5 Å². The molecule has 1 unspecified atom stereocenters. The number of anilines is 3. The van der Waals surface area contributed by atoms with E-state index in [0.717, 1.165) is 22.6 Å². The molecule has 0 saturated heterocycles. The smallest absolute Gasteiger partial charge is 0.251 e. The van der Waals surface area contributed by atoms with Crippen LogP contribution in [0, 0.1) is 0 Å². The zero-order valence-corrected chi connectivity index (χ0v) is 11.6. The number of carbonyl (C=O) groups is 1. The van der Waals surface area contributed by atoms with E-state index in [4.69, 9.17) is 0 Å². The molecule has 0 radical (unpaired) electrons. The van der Waals surface area contributed by atoms with E-state index in [9.17, 15) is 4.79 Å². The third-order valence-corrected chi connectivity index (χ3v) is 3.49. The van der Waals surface area contributed by atoms with Crippen LogP contribution in [0.2, 0.25) is 0 Å². The van der Waals surface area contributed by atoms with Gasteiger partial charge >= 0.3 is 0 Å². The average Bonchev–Trinajstić information content (AvgIpc) is 2.76. The number of hydrogen-bond acceptors (Lipinski definition) is 3. The highest BCUT2D eigenvalue weighted by Crippen LogP contribution is 2.33. The molecule has 102 valence electrons. The summed E-state index contributed by atoms with van der Waals surface area (Å²) in [7, 11) is 4.01. The monoisotopic (exact) mass is 267 g/mol. The largest absolute Gasteiger partial charge is 0.378 e. The first-order valence-electron chi connectivity index (χ1n) is 6.59. The fraction of sp³-hybridized carbons (Fsp3) is 0.188. The van der Waals surface area contributed by atoms with Gasteiger partial charge in [-0.1, -0.05) is 18.2 Å². The Bertz CT molecular complexity index is 634. The number of benzene rings is 2. The van der Waals surface area contributed by atoms with E-state index < -0.39 is 0 Å². The van der Waals surface area contributed by atoms with Gasteiger partial charge in [-0.2, -0.15) is 0 Å². The summed E-state index contributed by atoms with van der Waals surface area (Å²) in [6.45, 7) is 0. The first-order chi connectivity index (χ1) is 9.65. The van der Waals surface area contributed by atoms with E-state index in [1.165, 1.54) is 0 Å². The molecule has 2 aromatic rings. The Hall–Kier alpha value is -2.49. The van der Waals surface area contributed by atoms with Crippen LogP contribution >= 0.6 is 0 Å². The number of para-hydroxylation sites is 1. The Balaban J connectivity index is 1.83. The van der Waals surface area contributed by atoms with Crippen molar-refractivity contribution >= 4 is 23.0 Å². The van der Waals surface area contributed by atoms with Gasteiger partial charge in [0.1, 0.15) is 6.04 Å². The van der Waals surface area contributed by atoms with Gasteiger partial charge in [-0.15, -0.1) is 0 Å². The lowest BCUT2D eigenvalue weighted by molar-refractivity contribution is -0.116.